The maximum Gasteiger partial charge on any atom is 0.326 e. The number of hydrogen-bond donors (Lipinski definition) is 2. The number of aliphatic carboxylic acids is 1. The van der Waals surface area contributed by atoms with Gasteiger partial charge in [-0.1, -0.05) is 46.2 Å². The van der Waals surface area contributed by atoms with E-state index in [1.807, 2.05) is 27.7 Å². The molecule has 6 nitrogen and oxygen atoms in total. The Balaban J connectivity index is 2.85. The molecule has 0 aromatic carbocycles. The van der Waals surface area contributed by atoms with E-state index in [2.05, 4.69) is 10.5 Å². The first-order valence-electron chi connectivity index (χ1n) is 6.67. The van der Waals surface area contributed by atoms with E-state index < -0.39 is 17.9 Å². The Bertz CT molecular complexity index is 488. The molecular formula is C14H22N2O4. The van der Waals surface area contributed by atoms with Crippen LogP contribution in [0.5, 0.6) is 0 Å². The van der Waals surface area contributed by atoms with Crippen molar-refractivity contribution in [1.29, 1.82) is 0 Å². The largest absolute Gasteiger partial charge is 0.480 e. The highest BCUT2D eigenvalue weighted by molar-refractivity contribution is 5.95. The van der Waals surface area contributed by atoms with E-state index in [4.69, 9.17) is 9.63 Å². The fourth-order valence-corrected chi connectivity index (χ4v) is 1.63. The molecule has 0 fully saturated rings. The second kappa shape index (κ2) is 6.07. The molecule has 2 atom stereocenters. The number of carboxylic acids is 1. The molecule has 0 radical (unpaired) electrons. The Labute approximate surface area is 118 Å². The molecule has 1 aromatic heterocycles. The third-order valence-electron chi connectivity index (χ3n) is 3.25. The lowest BCUT2D eigenvalue weighted by Gasteiger charge is -2.19. The van der Waals surface area contributed by atoms with Gasteiger partial charge in [-0.15, -0.1) is 0 Å². The molecular weight excluding hydrogens is 260 g/mol. The van der Waals surface area contributed by atoms with Crippen LogP contribution in [0.15, 0.2) is 10.6 Å². The third kappa shape index (κ3) is 3.82. The summed E-state index contributed by atoms with van der Waals surface area (Å²) in [6.07, 6.45) is 0.656. The van der Waals surface area contributed by atoms with E-state index in [-0.39, 0.29) is 17.0 Å². The molecule has 0 spiro atoms. The first-order chi connectivity index (χ1) is 9.16. The number of carboxylic acid groups (broad SMARTS) is 1. The van der Waals surface area contributed by atoms with Crippen LogP contribution >= 0.6 is 0 Å². The smallest absolute Gasteiger partial charge is 0.326 e. The highest BCUT2D eigenvalue weighted by Gasteiger charge is 2.28. The van der Waals surface area contributed by atoms with Crippen molar-refractivity contribution in [3.05, 3.63) is 17.5 Å². The lowest BCUT2D eigenvalue weighted by Crippen LogP contribution is -2.45. The predicted molar refractivity (Wildman–Crippen MR) is 73.5 cm³/mol. The minimum Gasteiger partial charge on any atom is -0.480 e. The molecule has 112 valence electrons. The molecule has 1 amide bonds. The summed E-state index contributed by atoms with van der Waals surface area (Å²) in [6.45, 7) is 9.47. The zero-order valence-corrected chi connectivity index (χ0v) is 12.6. The number of rotatable bonds is 5. The fraction of sp³-hybridized carbons (Fsp3) is 0.643. The fourth-order valence-electron chi connectivity index (χ4n) is 1.63. The summed E-state index contributed by atoms with van der Waals surface area (Å²) < 4.78 is 5.12. The third-order valence-corrected chi connectivity index (χ3v) is 3.25. The Morgan fingerprint density at radius 3 is 2.45 bits per heavy atom. The molecule has 0 aliphatic rings. The van der Waals surface area contributed by atoms with Gasteiger partial charge in [0.25, 0.3) is 5.91 Å². The Kier molecular flexibility index (Phi) is 4.92. The number of amides is 1. The second-order valence-corrected chi connectivity index (χ2v) is 6.00. The van der Waals surface area contributed by atoms with Crippen molar-refractivity contribution in [3.8, 4) is 0 Å². The van der Waals surface area contributed by atoms with Gasteiger partial charge in [-0.2, -0.15) is 0 Å². The van der Waals surface area contributed by atoms with Crippen molar-refractivity contribution < 1.29 is 19.2 Å². The molecule has 2 N–H and O–H groups in total. The van der Waals surface area contributed by atoms with Crippen molar-refractivity contribution in [2.24, 2.45) is 5.92 Å². The molecule has 1 heterocycles. The van der Waals surface area contributed by atoms with Gasteiger partial charge in [0.05, 0.1) is 0 Å². The average molecular weight is 282 g/mol. The zero-order valence-electron chi connectivity index (χ0n) is 12.6. The SMILES string of the molecule is CC[C@H](C)[C@H](NC(=O)c1cc(C(C)(C)C)on1)C(=O)O. The molecule has 0 saturated heterocycles. The topological polar surface area (TPSA) is 92.4 Å². The van der Waals surface area contributed by atoms with Gasteiger partial charge in [-0.05, 0) is 5.92 Å². The van der Waals surface area contributed by atoms with Crippen LogP contribution in [-0.2, 0) is 10.2 Å². The normalized spacial score (nSPS) is 14.7. The van der Waals surface area contributed by atoms with Crippen LogP contribution in [0.1, 0.15) is 57.3 Å². The van der Waals surface area contributed by atoms with Crippen LogP contribution in [0.25, 0.3) is 0 Å². The summed E-state index contributed by atoms with van der Waals surface area (Å²) in [7, 11) is 0. The summed E-state index contributed by atoms with van der Waals surface area (Å²) in [5.41, 5.74) is -0.154. The second-order valence-electron chi connectivity index (χ2n) is 6.00. The number of carbonyl (C=O) groups excluding carboxylic acids is 1. The predicted octanol–water partition coefficient (Wildman–Crippen LogP) is 2.20. The van der Waals surface area contributed by atoms with Gasteiger partial charge in [0.1, 0.15) is 11.8 Å². The van der Waals surface area contributed by atoms with Crippen LogP contribution in [0.2, 0.25) is 0 Å². The lowest BCUT2D eigenvalue weighted by atomic mass is 9.93. The van der Waals surface area contributed by atoms with Crippen molar-refractivity contribution in [1.82, 2.24) is 10.5 Å². The monoisotopic (exact) mass is 282 g/mol. The first-order valence-corrected chi connectivity index (χ1v) is 6.67. The van der Waals surface area contributed by atoms with Crippen molar-refractivity contribution in [2.45, 2.75) is 52.5 Å². The molecule has 1 aromatic rings. The van der Waals surface area contributed by atoms with E-state index in [9.17, 15) is 9.59 Å². The van der Waals surface area contributed by atoms with E-state index in [1.54, 1.807) is 13.0 Å². The van der Waals surface area contributed by atoms with Gasteiger partial charge in [0, 0.05) is 11.5 Å². The first kappa shape index (κ1) is 16.2. The van der Waals surface area contributed by atoms with E-state index >= 15 is 0 Å². The molecule has 0 aliphatic heterocycles. The van der Waals surface area contributed by atoms with Crippen molar-refractivity contribution >= 4 is 11.9 Å². The highest BCUT2D eigenvalue weighted by Crippen LogP contribution is 2.22. The van der Waals surface area contributed by atoms with E-state index in [0.717, 1.165) is 0 Å². The van der Waals surface area contributed by atoms with E-state index in [1.165, 1.54) is 0 Å². The number of carbonyl (C=O) groups is 2. The van der Waals surface area contributed by atoms with Gasteiger partial charge >= 0.3 is 5.97 Å². The number of hydrogen-bond acceptors (Lipinski definition) is 4. The van der Waals surface area contributed by atoms with Gasteiger partial charge in [0.15, 0.2) is 5.69 Å². The van der Waals surface area contributed by atoms with Crippen molar-refractivity contribution in [2.75, 3.05) is 0 Å². The minimum absolute atomic E-state index is 0.101. The number of aromatic nitrogens is 1. The number of nitrogens with one attached hydrogen (secondary N) is 1. The maximum atomic E-state index is 12.0. The molecule has 20 heavy (non-hydrogen) atoms. The van der Waals surface area contributed by atoms with Crippen molar-refractivity contribution in [3.63, 3.8) is 0 Å². The van der Waals surface area contributed by atoms with Crippen LogP contribution in [0.3, 0.4) is 0 Å². The van der Waals surface area contributed by atoms with Gasteiger partial charge in [0.2, 0.25) is 0 Å². The minimum atomic E-state index is -1.05. The standard InChI is InChI=1S/C14H22N2O4/c1-6-8(2)11(13(18)19)15-12(17)9-7-10(20-16-9)14(3,4)5/h7-8,11H,6H2,1-5H3,(H,15,17)(H,18,19)/t8-,11-/m0/s1. The maximum absolute atomic E-state index is 12.0. The molecule has 1 rings (SSSR count). The molecule has 0 unspecified atom stereocenters. The Morgan fingerprint density at radius 2 is 2.05 bits per heavy atom. The molecule has 0 bridgehead atoms. The van der Waals surface area contributed by atoms with Crippen LogP contribution in [-0.4, -0.2) is 28.2 Å². The lowest BCUT2D eigenvalue weighted by molar-refractivity contribution is -0.140. The molecule has 6 heteroatoms. The van der Waals surface area contributed by atoms with Crippen LogP contribution in [0.4, 0.5) is 0 Å². The summed E-state index contributed by atoms with van der Waals surface area (Å²) in [5.74, 6) is -1.16. The Morgan fingerprint density at radius 1 is 1.45 bits per heavy atom. The zero-order chi connectivity index (χ0) is 15.5. The van der Waals surface area contributed by atoms with Gasteiger partial charge in [-0.25, -0.2) is 4.79 Å². The summed E-state index contributed by atoms with van der Waals surface area (Å²) in [4.78, 5) is 23.2. The average Bonchev–Trinajstić information content (AvgIpc) is 2.83. The summed E-state index contributed by atoms with van der Waals surface area (Å²) in [6, 6.07) is 0.618. The number of nitrogens with zero attached hydrogens (tertiary/aromatic N) is 1. The van der Waals surface area contributed by atoms with Gasteiger partial charge < -0.3 is 14.9 Å². The Hall–Kier alpha value is -1.85. The molecule has 0 saturated carbocycles. The summed E-state index contributed by atoms with van der Waals surface area (Å²) >= 11 is 0. The van der Waals surface area contributed by atoms with Gasteiger partial charge in [-0.3, -0.25) is 4.79 Å². The van der Waals surface area contributed by atoms with Crippen LogP contribution in [0, 0.1) is 5.92 Å². The summed E-state index contributed by atoms with van der Waals surface area (Å²) in [5, 5.41) is 15.3. The van der Waals surface area contributed by atoms with E-state index in [0.29, 0.717) is 12.2 Å². The quantitative estimate of drug-likeness (QED) is 0.863. The van der Waals surface area contributed by atoms with Crippen LogP contribution < -0.4 is 5.32 Å². The molecule has 0 aliphatic carbocycles. The highest BCUT2D eigenvalue weighted by atomic mass is 16.5.